The van der Waals surface area contributed by atoms with Gasteiger partial charge in [-0.05, 0) is 50.0 Å². The van der Waals surface area contributed by atoms with Crippen LogP contribution in [0.4, 0.5) is 5.69 Å². The number of para-hydroxylation sites is 1. The van der Waals surface area contributed by atoms with Crippen molar-refractivity contribution in [3.05, 3.63) is 70.8 Å². The van der Waals surface area contributed by atoms with Gasteiger partial charge in [0.2, 0.25) is 0 Å². The van der Waals surface area contributed by atoms with Crippen LogP contribution in [0.2, 0.25) is 0 Å². The summed E-state index contributed by atoms with van der Waals surface area (Å²) in [6, 6.07) is 13.2. The monoisotopic (exact) mass is 327 g/mol. The predicted octanol–water partition coefficient (Wildman–Crippen LogP) is 4.10. The first-order valence-electron chi connectivity index (χ1n) is 9.05. The summed E-state index contributed by atoms with van der Waals surface area (Å²) in [5.74, 6) is 0.934. The van der Waals surface area contributed by atoms with Crippen LogP contribution in [0.3, 0.4) is 0 Å². The molecule has 2 aromatic carbocycles. The summed E-state index contributed by atoms with van der Waals surface area (Å²) in [4.78, 5) is 2.42. The van der Waals surface area contributed by atoms with Gasteiger partial charge in [-0.1, -0.05) is 42.0 Å². The molecule has 2 aromatic rings. The Labute approximate surface area is 148 Å². The molecule has 1 unspecified atom stereocenters. The Morgan fingerprint density at radius 1 is 1.04 bits per heavy atom. The summed E-state index contributed by atoms with van der Waals surface area (Å²) in [6.07, 6.45) is 14.6. The van der Waals surface area contributed by atoms with E-state index in [4.69, 9.17) is 4.74 Å². The molecule has 124 valence electrons. The van der Waals surface area contributed by atoms with E-state index in [9.17, 15) is 0 Å². The fraction of sp³-hybridized carbons (Fsp3) is 0.217. The molecule has 3 aliphatic rings. The summed E-state index contributed by atoms with van der Waals surface area (Å²) < 4.78 is 5.91. The van der Waals surface area contributed by atoms with E-state index in [-0.39, 0.29) is 0 Å². The molecule has 2 heteroatoms. The average Bonchev–Trinajstić information content (AvgIpc) is 2.67. The van der Waals surface area contributed by atoms with Crippen LogP contribution in [0.5, 0.6) is 5.75 Å². The molecule has 0 spiro atoms. The van der Waals surface area contributed by atoms with Gasteiger partial charge < -0.3 is 9.64 Å². The van der Waals surface area contributed by atoms with E-state index in [1.807, 2.05) is 18.4 Å². The average molecular weight is 327 g/mol. The van der Waals surface area contributed by atoms with E-state index in [2.05, 4.69) is 60.5 Å². The maximum absolute atomic E-state index is 5.91. The molecule has 0 amide bonds. The zero-order valence-electron chi connectivity index (χ0n) is 14.4. The highest BCUT2D eigenvalue weighted by molar-refractivity contribution is 5.78. The van der Waals surface area contributed by atoms with Crippen molar-refractivity contribution in [3.8, 4) is 16.9 Å². The van der Waals surface area contributed by atoms with Gasteiger partial charge in [-0.25, -0.2) is 0 Å². The summed E-state index contributed by atoms with van der Waals surface area (Å²) in [5.41, 5.74) is 5.20. The topological polar surface area (TPSA) is 12.5 Å². The molecule has 2 aliphatic heterocycles. The van der Waals surface area contributed by atoms with Gasteiger partial charge in [-0.2, -0.15) is 0 Å². The van der Waals surface area contributed by atoms with Crippen LogP contribution in [0.1, 0.15) is 26.2 Å². The fourth-order valence-electron chi connectivity index (χ4n) is 4.21. The van der Waals surface area contributed by atoms with Crippen LogP contribution < -0.4 is 20.1 Å². The number of benzene rings is 2. The van der Waals surface area contributed by atoms with Gasteiger partial charge in [-0.3, -0.25) is 0 Å². The highest BCUT2D eigenvalue weighted by Crippen LogP contribution is 2.32. The standard InChI is InChI=1S/C23H21NO/c1-16-6-4-7-17(14-16)24-13-5-9-19-21-15-25-23-10-3-2-8-20(23)18(21)11-12-22(19)24/h2-3,5,8-15,17H,4,6-7H2,1H3. The van der Waals surface area contributed by atoms with E-state index in [1.165, 1.54) is 52.1 Å². The van der Waals surface area contributed by atoms with E-state index >= 15 is 0 Å². The Hall–Kier alpha value is -2.74. The van der Waals surface area contributed by atoms with E-state index in [0.29, 0.717) is 6.04 Å². The fourth-order valence-corrected chi connectivity index (χ4v) is 4.21. The third kappa shape index (κ3) is 2.32. The molecular formula is C23H21NO. The van der Waals surface area contributed by atoms with Crippen molar-refractivity contribution in [1.29, 1.82) is 0 Å². The molecule has 0 radical (unpaired) electrons. The highest BCUT2D eigenvalue weighted by atomic mass is 16.5. The number of rotatable bonds is 1. The Morgan fingerprint density at radius 3 is 2.88 bits per heavy atom. The lowest BCUT2D eigenvalue weighted by molar-refractivity contribution is 0.537. The third-order valence-corrected chi connectivity index (χ3v) is 5.44. The Morgan fingerprint density at radius 2 is 1.96 bits per heavy atom. The molecule has 25 heavy (non-hydrogen) atoms. The van der Waals surface area contributed by atoms with Gasteiger partial charge in [0.05, 0.1) is 12.3 Å². The van der Waals surface area contributed by atoms with Crippen molar-refractivity contribution in [2.24, 2.45) is 0 Å². The molecule has 0 N–H and O–H groups in total. The molecule has 0 aromatic heterocycles. The van der Waals surface area contributed by atoms with Gasteiger partial charge in [0.1, 0.15) is 5.75 Å². The van der Waals surface area contributed by atoms with E-state index in [0.717, 1.165) is 5.75 Å². The minimum Gasteiger partial charge on any atom is -0.464 e. The number of hydrogen-bond acceptors (Lipinski definition) is 2. The van der Waals surface area contributed by atoms with Crippen LogP contribution in [0.15, 0.2) is 60.3 Å². The first-order valence-corrected chi connectivity index (χ1v) is 9.05. The van der Waals surface area contributed by atoms with Crippen LogP contribution in [0, 0.1) is 0 Å². The number of fused-ring (bicyclic) bond motifs is 5. The van der Waals surface area contributed by atoms with Gasteiger partial charge in [0, 0.05) is 27.9 Å². The minimum atomic E-state index is 0.451. The number of ether oxygens (including phenoxy) is 1. The van der Waals surface area contributed by atoms with Gasteiger partial charge in [-0.15, -0.1) is 0 Å². The Kier molecular flexibility index (Phi) is 3.30. The molecule has 1 aliphatic carbocycles. The van der Waals surface area contributed by atoms with Gasteiger partial charge in [0.15, 0.2) is 0 Å². The lowest BCUT2D eigenvalue weighted by Crippen LogP contribution is -2.41. The molecule has 0 fully saturated rings. The van der Waals surface area contributed by atoms with Gasteiger partial charge >= 0.3 is 0 Å². The molecule has 2 heterocycles. The maximum Gasteiger partial charge on any atom is 0.134 e. The van der Waals surface area contributed by atoms with E-state index < -0.39 is 0 Å². The maximum atomic E-state index is 5.91. The summed E-state index contributed by atoms with van der Waals surface area (Å²) >= 11 is 0. The van der Waals surface area contributed by atoms with E-state index in [1.54, 1.807) is 0 Å². The SMILES string of the molecule is CC1=CC(N2C=CC=c3c2ccc2c3=COc3ccccc3-2)CCC1. The molecule has 0 bridgehead atoms. The number of allylic oxidation sites excluding steroid dienone is 2. The smallest absolute Gasteiger partial charge is 0.134 e. The molecule has 1 atom stereocenters. The molecule has 0 saturated heterocycles. The first-order chi connectivity index (χ1) is 12.3. The Bertz CT molecular complexity index is 1030. The second kappa shape index (κ2) is 5.66. The zero-order chi connectivity index (χ0) is 16.8. The molecule has 5 rings (SSSR count). The zero-order valence-corrected chi connectivity index (χ0v) is 14.4. The van der Waals surface area contributed by atoms with Crippen molar-refractivity contribution in [3.63, 3.8) is 0 Å². The molecular weight excluding hydrogens is 306 g/mol. The van der Waals surface area contributed by atoms with Crippen LogP contribution in [-0.2, 0) is 0 Å². The third-order valence-electron chi connectivity index (χ3n) is 5.44. The highest BCUT2D eigenvalue weighted by Gasteiger charge is 2.22. The van der Waals surface area contributed by atoms with Crippen molar-refractivity contribution < 1.29 is 4.74 Å². The largest absolute Gasteiger partial charge is 0.464 e. The Balaban J connectivity index is 1.67. The van der Waals surface area contributed by atoms with Crippen molar-refractivity contribution >= 4 is 18.0 Å². The van der Waals surface area contributed by atoms with Gasteiger partial charge in [0.25, 0.3) is 0 Å². The molecule has 0 saturated carbocycles. The summed E-state index contributed by atoms with van der Waals surface area (Å²) in [5, 5.41) is 2.44. The number of hydrogen-bond donors (Lipinski definition) is 0. The second-order valence-corrected chi connectivity index (χ2v) is 7.08. The lowest BCUT2D eigenvalue weighted by atomic mass is 9.93. The van der Waals surface area contributed by atoms with Crippen molar-refractivity contribution in [1.82, 2.24) is 0 Å². The van der Waals surface area contributed by atoms with Crippen LogP contribution in [0.25, 0.3) is 23.5 Å². The van der Waals surface area contributed by atoms with Crippen molar-refractivity contribution in [2.45, 2.75) is 32.2 Å². The minimum absolute atomic E-state index is 0.451. The lowest BCUT2D eigenvalue weighted by Gasteiger charge is -2.33. The second-order valence-electron chi connectivity index (χ2n) is 7.08. The summed E-state index contributed by atoms with van der Waals surface area (Å²) in [7, 11) is 0. The summed E-state index contributed by atoms with van der Waals surface area (Å²) in [6.45, 7) is 2.25. The van der Waals surface area contributed by atoms with Crippen molar-refractivity contribution in [2.75, 3.05) is 4.90 Å². The number of anilines is 1. The molecule has 2 nitrogen and oxygen atoms in total. The van der Waals surface area contributed by atoms with Crippen LogP contribution >= 0.6 is 0 Å². The first kappa shape index (κ1) is 14.6. The quantitative estimate of drug-likeness (QED) is 0.731. The normalized spacial score (nSPS) is 20.3. The van der Waals surface area contributed by atoms with Crippen LogP contribution in [-0.4, -0.2) is 6.04 Å². The predicted molar refractivity (Wildman–Crippen MR) is 104 cm³/mol. The number of nitrogens with zero attached hydrogens (tertiary/aromatic N) is 1.